The monoisotopic (exact) mass is 348 g/mol. The van der Waals surface area contributed by atoms with Crippen molar-refractivity contribution in [2.24, 2.45) is 7.05 Å². The molecule has 4 aromatic rings. The average Bonchev–Trinajstić information content (AvgIpc) is 3.24. The first-order valence-corrected chi connectivity index (χ1v) is 8.39. The topological polar surface area (TPSA) is 83.3 Å². The van der Waals surface area contributed by atoms with Gasteiger partial charge in [-0.3, -0.25) is 0 Å². The van der Waals surface area contributed by atoms with Gasteiger partial charge in [0.25, 0.3) is 0 Å². The average molecular weight is 348 g/mol. The minimum atomic E-state index is 0.431. The van der Waals surface area contributed by atoms with Gasteiger partial charge in [0, 0.05) is 38.3 Å². The van der Waals surface area contributed by atoms with E-state index in [1.165, 1.54) is 0 Å². The lowest BCUT2D eigenvalue weighted by Gasteiger charge is -2.07. The molecule has 7 nitrogen and oxygen atoms in total. The third-order valence-electron chi connectivity index (χ3n) is 4.40. The van der Waals surface area contributed by atoms with E-state index in [-0.39, 0.29) is 0 Å². The van der Waals surface area contributed by atoms with Crippen molar-refractivity contribution in [3.63, 3.8) is 0 Å². The van der Waals surface area contributed by atoms with E-state index in [9.17, 15) is 0 Å². The first-order valence-electron chi connectivity index (χ1n) is 8.39. The van der Waals surface area contributed by atoms with Crippen LogP contribution in [-0.2, 0) is 18.2 Å². The van der Waals surface area contributed by atoms with Crippen LogP contribution in [0, 0.1) is 0 Å². The van der Waals surface area contributed by atoms with Crippen LogP contribution in [0.25, 0.3) is 28.3 Å². The Kier molecular flexibility index (Phi) is 4.14. The van der Waals surface area contributed by atoms with E-state index in [0.717, 1.165) is 28.6 Å². The van der Waals surface area contributed by atoms with Gasteiger partial charge in [0.05, 0.1) is 6.61 Å². The molecule has 26 heavy (non-hydrogen) atoms. The van der Waals surface area contributed by atoms with Gasteiger partial charge in [0.15, 0.2) is 11.6 Å². The molecular weight excluding hydrogens is 328 g/mol. The maximum absolute atomic E-state index is 6.35. The molecule has 132 valence electrons. The molecule has 3 heterocycles. The number of aryl methyl sites for hydroxylation is 1. The van der Waals surface area contributed by atoms with Gasteiger partial charge in [-0.25, -0.2) is 14.5 Å². The largest absolute Gasteiger partial charge is 0.384 e. The Morgan fingerprint density at radius 1 is 1.19 bits per heavy atom. The molecule has 3 aromatic heterocycles. The van der Waals surface area contributed by atoms with Crippen molar-refractivity contribution >= 4 is 11.3 Å². The first-order chi connectivity index (χ1) is 12.7. The maximum Gasteiger partial charge on any atom is 0.218 e. The van der Waals surface area contributed by atoms with Crippen molar-refractivity contribution in [3.05, 3.63) is 54.5 Å². The Morgan fingerprint density at radius 2 is 2.00 bits per heavy atom. The summed E-state index contributed by atoms with van der Waals surface area (Å²) in [5, 5.41) is 4.66. The number of ether oxygens (including phenoxy) is 1. The van der Waals surface area contributed by atoms with Crippen molar-refractivity contribution in [2.45, 2.75) is 6.42 Å². The van der Waals surface area contributed by atoms with Gasteiger partial charge in [-0.2, -0.15) is 0 Å². The Hall–Kier alpha value is -3.19. The summed E-state index contributed by atoms with van der Waals surface area (Å²) in [6, 6.07) is 10.2. The summed E-state index contributed by atoms with van der Waals surface area (Å²) in [7, 11) is 3.60. The number of rotatable bonds is 5. The number of nitrogens with two attached hydrogens (primary N) is 1. The number of aromatic nitrogens is 5. The fourth-order valence-corrected chi connectivity index (χ4v) is 3.16. The normalized spacial score (nSPS) is 11.3. The summed E-state index contributed by atoms with van der Waals surface area (Å²) in [5.74, 6) is 1.60. The fourth-order valence-electron chi connectivity index (χ4n) is 3.16. The Morgan fingerprint density at radius 3 is 2.69 bits per heavy atom. The Labute approximate surface area is 151 Å². The highest BCUT2D eigenvalue weighted by molar-refractivity contribution is 5.90. The molecule has 7 heteroatoms. The van der Waals surface area contributed by atoms with Gasteiger partial charge >= 0.3 is 0 Å². The molecule has 2 N–H and O–H groups in total. The molecule has 0 spiro atoms. The Bertz CT molecular complexity index is 1050. The number of anilines is 1. The van der Waals surface area contributed by atoms with Crippen LogP contribution in [0.2, 0.25) is 0 Å². The lowest BCUT2D eigenvalue weighted by molar-refractivity contribution is 0.202. The van der Waals surface area contributed by atoms with Crippen LogP contribution in [0.4, 0.5) is 5.82 Å². The SMILES string of the molecule is COCCc1cn2nc(-c3nccn3C)nc(N)c2c1-c1ccccc1. The van der Waals surface area contributed by atoms with Crippen LogP contribution >= 0.6 is 0 Å². The van der Waals surface area contributed by atoms with Crippen molar-refractivity contribution in [1.82, 2.24) is 24.1 Å². The number of methoxy groups -OCH3 is 1. The predicted molar refractivity (Wildman–Crippen MR) is 101 cm³/mol. The number of hydrogen-bond acceptors (Lipinski definition) is 5. The quantitative estimate of drug-likeness (QED) is 0.599. The van der Waals surface area contributed by atoms with E-state index in [1.807, 2.05) is 42.2 Å². The number of hydrogen-bond donors (Lipinski definition) is 1. The zero-order valence-corrected chi connectivity index (χ0v) is 14.8. The summed E-state index contributed by atoms with van der Waals surface area (Å²) in [6.07, 6.45) is 6.34. The highest BCUT2D eigenvalue weighted by Gasteiger charge is 2.19. The van der Waals surface area contributed by atoms with Crippen molar-refractivity contribution < 1.29 is 4.74 Å². The van der Waals surface area contributed by atoms with Crippen LogP contribution in [0.1, 0.15) is 5.56 Å². The molecule has 0 fully saturated rings. The summed E-state index contributed by atoms with van der Waals surface area (Å²) in [5.41, 5.74) is 10.4. The number of imidazole rings is 1. The molecular formula is C19H20N6O. The van der Waals surface area contributed by atoms with Crippen LogP contribution in [0.5, 0.6) is 0 Å². The van der Waals surface area contributed by atoms with Gasteiger partial charge in [-0.15, -0.1) is 5.10 Å². The number of nitrogens with zero attached hydrogens (tertiary/aromatic N) is 5. The molecule has 0 atom stereocenters. The second kappa shape index (κ2) is 6.61. The van der Waals surface area contributed by atoms with E-state index < -0.39 is 0 Å². The fraction of sp³-hybridized carbons (Fsp3) is 0.211. The molecule has 0 amide bonds. The molecule has 0 bridgehead atoms. The van der Waals surface area contributed by atoms with Gasteiger partial charge in [-0.05, 0) is 17.5 Å². The van der Waals surface area contributed by atoms with Crippen molar-refractivity contribution in [2.75, 3.05) is 19.5 Å². The molecule has 0 aliphatic rings. The Balaban J connectivity index is 1.95. The summed E-state index contributed by atoms with van der Waals surface area (Å²) in [6.45, 7) is 0.621. The number of nitrogen functional groups attached to an aromatic ring is 1. The summed E-state index contributed by atoms with van der Waals surface area (Å²) >= 11 is 0. The van der Waals surface area contributed by atoms with E-state index >= 15 is 0 Å². The zero-order chi connectivity index (χ0) is 18.1. The zero-order valence-electron chi connectivity index (χ0n) is 14.8. The van der Waals surface area contributed by atoms with Gasteiger partial charge in [0.1, 0.15) is 5.52 Å². The lowest BCUT2D eigenvalue weighted by Crippen LogP contribution is -2.05. The van der Waals surface area contributed by atoms with Gasteiger partial charge in [-0.1, -0.05) is 30.3 Å². The second-order valence-corrected chi connectivity index (χ2v) is 6.11. The molecule has 0 aliphatic heterocycles. The molecule has 0 aliphatic carbocycles. The molecule has 1 aromatic carbocycles. The molecule has 0 saturated carbocycles. The van der Waals surface area contributed by atoms with Crippen LogP contribution in [0.3, 0.4) is 0 Å². The summed E-state index contributed by atoms with van der Waals surface area (Å²) < 4.78 is 8.95. The third-order valence-corrected chi connectivity index (χ3v) is 4.40. The molecule has 0 unspecified atom stereocenters. The van der Waals surface area contributed by atoms with E-state index in [1.54, 1.807) is 17.8 Å². The second-order valence-electron chi connectivity index (χ2n) is 6.11. The first kappa shape index (κ1) is 16.3. The minimum absolute atomic E-state index is 0.431. The smallest absolute Gasteiger partial charge is 0.218 e. The molecule has 0 saturated heterocycles. The van der Waals surface area contributed by atoms with E-state index in [2.05, 4.69) is 27.2 Å². The summed E-state index contributed by atoms with van der Waals surface area (Å²) in [4.78, 5) is 8.84. The van der Waals surface area contributed by atoms with Crippen molar-refractivity contribution in [3.8, 4) is 22.8 Å². The number of benzene rings is 1. The van der Waals surface area contributed by atoms with E-state index in [4.69, 9.17) is 10.5 Å². The lowest BCUT2D eigenvalue weighted by atomic mass is 10.0. The maximum atomic E-state index is 6.35. The van der Waals surface area contributed by atoms with Crippen LogP contribution in [0.15, 0.2) is 48.9 Å². The van der Waals surface area contributed by atoms with Crippen molar-refractivity contribution in [1.29, 1.82) is 0 Å². The minimum Gasteiger partial charge on any atom is -0.384 e. The van der Waals surface area contributed by atoms with Crippen LogP contribution in [-0.4, -0.2) is 37.9 Å². The van der Waals surface area contributed by atoms with Gasteiger partial charge < -0.3 is 15.0 Å². The number of fused-ring (bicyclic) bond motifs is 1. The highest BCUT2D eigenvalue weighted by atomic mass is 16.5. The van der Waals surface area contributed by atoms with Gasteiger partial charge in [0.2, 0.25) is 5.82 Å². The molecule has 4 rings (SSSR count). The predicted octanol–water partition coefficient (Wildman–Crippen LogP) is 2.57. The van der Waals surface area contributed by atoms with Crippen LogP contribution < -0.4 is 5.73 Å². The standard InChI is InChI=1S/C19H20N6O/c1-24-10-9-21-19(24)18-22-17(20)16-15(13-6-4-3-5-7-13)14(8-11-26-2)12-25(16)23-18/h3-7,9-10,12H,8,11H2,1-2H3,(H2,20,22,23). The third kappa shape index (κ3) is 2.72. The van der Waals surface area contributed by atoms with E-state index in [0.29, 0.717) is 24.1 Å². The highest BCUT2D eigenvalue weighted by Crippen LogP contribution is 2.33. The molecule has 0 radical (unpaired) electrons.